The molecule has 2 aromatic heterocycles. The molecule has 3 rings (SSSR count). The standard InChI is InChI=1S/C13H9Cl2N5/c14-10-3-4-12(15)11(6-10)13-17-18-19-20(13)8-9-2-1-5-16-7-9/h1-7H,8H2. The average Bonchev–Trinajstić information content (AvgIpc) is 2.91. The summed E-state index contributed by atoms with van der Waals surface area (Å²) >= 11 is 12.2. The fourth-order valence-corrected chi connectivity index (χ4v) is 2.21. The molecule has 0 unspecified atom stereocenters. The molecule has 100 valence electrons. The number of nitrogens with zero attached hydrogens (tertiary/aromatic N) is 5. The minimum absolute atomic E-state index is 0.513. The Bertz CT molecular complexity index is 727. The van der Waals surface area contributed by atoms with Crippen LogP contribution in [0, 0.1) is 0 Å². The Morgan fingerprint density at radius 1 is 1.15 bits per heavy atom. The topological polar surface area (TPSA) is 56.5 Å². The van der Waals surface area contributed by atoms with Crippen LogP contribution in [0.1, 0.15) is 5.56 Å². The van der Waals surface area contributed by atoms with E-state index >= 15 is 0 Å². The highest BCUT2D eigenvalue weighted by molar-refractivity contribution is 6.35. The molecule has 7 heteroatoms. The zero-order valence-electron chi connectivity index (χ0n) is 10.2. The molecular weight excluding hydrogens is 297 g/mol. The van der Waals surface area contributed by atoms with Crippen LogP contribution in [0.4, 0.5) is 0 Å². The highest BCUT2D eigenvalue weighted by atomic mass is 35.5. The normalized spacial score (nSPS) is 10.7. The lowest BCUT2D eigenvalue weighted by Gasteiger charge is -2.06. The molecule has 0 N–H and O–H groups in total. The lowest BCUT2D eigenvalue weighted by atomic mass is 10.2. The minimum Gasteiger partial charge on any atom is -0.264 e. The zero-order chi connectivity index (χ0) is 13.9. The first-order valence-electron chi connectivity index (χ1n) is 5.84. The van der Waals surface area contributed by atoms with Crippen molar-refractivity contribution in [2.45, 2.75) is 6.54 Å². The molecule has 0 spiro atoms. The molecule has 0 fully saturated rings. The van der Waals surface area contributed by atoms with Gasteiger partial charge in [0.05, 0.1) is 11.6 Å². The largest absolute Gasteiger partial charge is 0.264 e. The maximum absolute atomic E-state index is 6.18. The number of hydrogen-bond donors (Lipinski definition) is 0. The SMILES string of the molecule is Clc1ccc(Cl)c(-c2nnnn2Cc2cccnc2)c1. The Morgan fingerprint density at radius 3 is 2.85 bits per heavy atom. The minimum atomic E-state index is 0.513. The predicted octanol–water partition coefficient (Wildman–Crippen LogP) is 3.09. The van der Waals surface area contributed by atoms with Gasteiger partial charge in [0.25, 0.3) is 0 Å². The van der Waals surface area contributed by atoms with Gasteiger partial charge in [-0.15, -0.1) is 5.10 Å². The summed E-state index contributed by atoms with van der Waals surface area (Å²) in [7, 11) is 0. The molecule has 0 aliphatic heterocycles. The summed E-state index contributed by atoms with van der Waals surface area (Å²) < 4.78 is 1.66. The van der Waals surface area contributed by atoms with Crippen LogP contribution < -0.4 is 0 Å². The average molecular weight is 306 g/mol. The van der Waals surface area contributed by atoms with Gasteiger partial charge in [0.2, 0.25) is 0 Å². The Labute approximate surface area is 125 Å². The van der Waals surface area contributed by atoms with Gasteiger partial charge in [0.15, 0.2) is 5.82 Å². The fourth-order valence-electron chi connectivity index (χ4n) is 1.84. The molecule has 20 heavy (non-hydrogen) atoms. The second-order valence-electron chi connectivity index (χ2n) is 4.15. The number of hydrogen-bond acceptors (Lipinski definition) is 4. The summed E-state index contributed by atoms with van der Waals surface area (Å²) in [6, 6.07) is 9.02. The van der Waals surface area contributed by atoms with E-state index in [0.29, 0.717) is 28.0 Å². The van der Waals surface area contributed by atoms with Crippen molar-refractivity contribution in [3.8, 4) is 11.4 Å². The van der Waals surface area contributed by atoms with Crippen molar-refractivity contribution in [3.63, 3.8) is 0 Å². The lowest BCUT2D eigenvalue weighted by molar-refractivity contribution is 0.652. The number of halogens is 2. The molecule has 0 saturated carbocycles. The number of aromatic nitrogens is 5. The van der Waals surface area contributed by atoms with Gasteiger partial charge in [0.1, 0.15) is 0 Å². The van der Waals surface area contributed by atoms with Crippen molar-refractivity contribution in [3.05, 3.63) is 58.3 Å². The lowest BCUT2D eigenvalue weighted by Crippen LogP contribution is -2.04. The zero-order valence-corrected chi connectivity index (χ0v) is 11.8. The van der Waals surface area contributed by atoms with E-state index in [1.165, 1.54) is 0 Å². The van der Waals surface area contributed by atoms with Crippen molar-refractivity contribution < 1.29 is 0 Å². The van der Waals surface area contributed by atoms with E-state index in [1.807, 2.05) is 12.1 Å². The quantitative estimate of drug-likeness (QED) is 0.746. The predicted molar refractivity (Wildman–Crippen MR) is 76.6 cm³/mol. The molecule has 0 radical (unpaired) electrons. The smallest absolute Gasteiger partial charge is 0.183 e. The van der Waals surface area contributed by atoms with Gasteiger partial charge in [0, 0.05) is 23.0 Å². The van der Waals surface area contributed by atoms with Crippen LogP contribution in [-0.2, 0) is 6.54 Å². The molecule has 0 aliphatic rings. The molecule has 5 nitrogen and oxygen atoms in total. The first kappa shape index (κ1) is 13.0. The summed E-state index contributed by atoms with van der Waals surface area (Å²) in [4.78, 5) is 4.07. The van der Waals surface area contributed by atoms with E-state index in [2.05, 4.69) is 20.5 Å². The first-order chi connectivity index (χ1) is 9.74. The van der Waals surface area contributed by atoms with Crippen molar-refractivity contribution in [1.29, 1.82) is 0 Å². The third-order valence-electron chi connectivity index (χ3n) is 2.76. The Morgan fingerprint density at radius 2 is 2.05 bits per heavy atom. The van der Waals surface area contributed by atoms with Gasteiger partial charge in [-0.2, -0.15) is 0 Å². The third-order valence-corrected chi connectivity index (χ3v) is 3.32. The van der Waals surface area contributed by atoms with Crippen molar-refractivity contribution in [1.82, 2.24) is 25.2 Å². The molecule has 0 atom stereocenters. The molecule has 0 saturated heterocycles. The third kappa shape index (κ3) is 2.64. The van der Waals surface area contributed by atoms with Gasteiger partial charge in [-0.25, -0.2) is 4.68 Å². The van der Waals surface area contributed by atoms with Crippen LogP contribution in [-0.4, -0.2) is 25.2 Å². The molecule has 1 aromatic carbocycles. The second-order valence-corrected chi connectivity index (χ2v) is 4.99. The van der Waals surface area contributed by atoms with Crippen LogP contribution in [0.15, 0.2) is 42.7 Å². The molecular formula is C13H9Cl2N5. The van der Waals surface area contributed by atoms with Crippen LogP contribution in [0.3, 0.4) is 0 Å². The van der Waals surface area contributed by atoms with E-state index in [-0.39, 0.29) is 0 Å². The van der Waals surface area contributed by atoms with Gasteiger partial charge < -0.3 is 0 Å². The fraction of sp³-hybridized carbons (Fsp3) is 0.0769. The molecule has 0 aliphatic carbocycles. The Kier molecular flexibility index (Phi) is 3.62. The molecule has 0 bridgehead atoms. The Hall–Kier alpha value is -1.98. The van der Waals surface area contributed by atoms with Crippen LogP contribution in [0.25, 0.3) is 11.4 Å². The van der Waals surface area contributed by atoms with E-state index < -0.39 is 0 Å². The van der Waals surface area contributed by atoms with Gasteiger partial charge in [-0.3, -0.25) is 4.98 Å². The summed E-state index contributed by atoms with van der Waals surface area (Å²) in [5, 5.41) is 12.8. The summed E-state index contributed by atoms with van der Waals surface area (Å²) in [6.45, 7) is 0.513. The highest BCUT2D eigenvalue weighted by Crippen LogP contribution is 2.28. The first-order valence-corrected chi connectivity index (χ1v) is 6.60. The van der Waals surface area contributed by atoms with Gasteiger partial charge in [-0.05, 0) is 40.3 Å². The number of rotatable bonds is 3. The van der Waals surface area contributed by atoms with E-state index in [9.17, 15) is 0 Å². The van der Waals surface area contributed by atoms with E-state index in [1.54, 1.807) is 35.3 Å². The number of pyridine rings is 1. The Balaban J connectivity index is 2.00. The van der Waals surface area contributed by atoms with Gasteiger partial charge >= 0.3 is 0 Å². The second kappa shape index (κ2) is 5.56. The molecule has 0 amide bonds. The maximum Gasteiger partial charge on any atom is 0.183 e. The van der Waals surface area contributed by atoms with Crippen LogP contribution >= 0.6 is 23.2 Å². The van der Waals surface area contributed by atoms with Crippen LogP contribution in [0.5, 0.6) is 0 Å². The monoisotopic (exact) mass is 305 g/mol. The summed E-state index contributed by atoms with van der Waals surface area (Å²) in [5.74, 6) is 0.571. The van der Waals surface area contributed by atoms with Crippen molar-refractivity contribution in [2.24, 2.45) is 0 Å². The highest BCUT2D eigenvalue weighted by Gasteiger charge is 2.13. The maximum atomic E-state index is 6.18. The van der Waals surface area contributed by atoms with Crippen molar-refractivity contribution >= 4 is 23.2 Å². The van der Waals surface area contributed by atoms with E-state index in [0.717, 1.165) is 5.56 Å². The van der Waals surface area contributed by atoms with Crippen molar-refractivity contribution in [2.75, 3.05) is 0 Å². The van der Waals surface area contributed by atoms with Gasteiger partial charge in [-0.1, -0.05) is 29.3 Å². The summed E-state index contributed by atoms with van der Waals surface area (Å²) in [6.07, 6.45) is 3.49. The van der Waals surface area contributed by atoms with Crippen LogP contribution in [0.2, 0.25) is 10.0 Å². The molecule has 2 heterocycles. The summed E-state index contributed by atoms with van der Waals surface area (Å²) in [5.41, 5.74) is 1.70. The molecule has 3 aromatic rings. The van der Waals surface area contributed by atoms with E-state index in [4.69, 9.17) is 23.2 Å². The number of benzene rings is 1. The number of tetrazole rings is 1.